The third-order valence-corrected chi connectivity index (χ3v) is 0.979. The zero-order valence-corrected chi connectivity index (χ0v) is 8.47. The summed E-state index contributed by atoms with van der Waals surface area (Å²) >= 11 is 3.15. The van der Waals surface area contributed by atoms with Crippen LogP contribution in [0.4, 0.5) is 0 Å². The Hall–Kier alpha value is -0.500. The van der Waals surface area contributed by atoms with Gasteiger partial charge in [-0.3, -0.25) is 0 Å². The quantitative estimate of drug-likeness (QED) is 0.656. The highest BCUT2D eigenvalue weighted by Gasteiger charge is 1.80. The minimum atomic E-state index is 0.910. The van der Waals surface area contributed by atoms with Crippen molar-refractivity contribution in [1.82, 2.24) is 0 Å². The van der Waals surface area contributed by atoms with Gasteiger partial charge in [-0.2, -0.15) is 0 Å². The topological polar surface area (TPSA) is 9.23 Å². The summed E-state index contributed by atoms with van der Waals surface area (Å²) < 4.78 is 4.91. The first-order valence-corrected chi connectivity index (χ1v) is 4.62. The van der Waals surface area contributed by atoms with Crippen LogP contribution < -0.4 is 4.74 Å². The lowest BCUT2D eigenvalue weighted by Crippen LogP contribution is -1.78. The molecule has 0 N–H and O–H groups in total. The van der Waals surface area contributed by atoms with Gasteiger partial charge in [-0.25, -0.2) is 0 Å². The third kappa shape index (κ3) is 5.92. The van der Waals surface area contributed by atoms with E-state index < -0.39 is 0 Å². The molecule has 0 spiro atoms. The first-order chi connectivity index (χ1) is 5.35. The van der Waals surface area contributed by atoms with Crippen molar-refractivity contribution in [2.24, 2.45) is 0 Å². The molecule has 1 rings (SSSR count). The van der Waals surface area contributed by atoms with Crippen molar-refractivity contribution in [2.45, 2.75) is 6.92 Å². The van der Waals surface area contributed by atoms with Crippen LogP contribution in [0.1, 0.15) is 6.92 Å². The number of alkyl halides is 1. The Bertz CT molecular complexity index is 162. The molecule has 62 valence electrons. The molecule has 0 aliphatic heterocycles. The van der Waals surface area contributed by atoms with Gasteiger partial charge in [0.05, 0.1) is 7.11 Å². The van der Waals surface area contributed by atoms with E-state index in [1.807, 2.05) is 37.3 Å². The van der Waals surface area contributed by atoms with Gasteiger partial charge in [0.25, 0.3) is 0 Å². The molecule has 11 heavy (non-hydrogen) atoms. The van der Waals surface area contributed by atoms with Gasteiger partial charge in [-0.05, 0) is 12.1 Å². The van der Waals surface area contributed by atoms with E-state index in [1.165, 1.54) is 0 Å². The molecule has 0 heterocycles. The molecule has 0 fully saturated rings. The van der Waals surface area contributed by atoms with Gasteiger partial charge in [0.2, 0.25) is 0 Å². The molecule has 0 amide bonds. The minimum Gasteiger partial charge on any atom is -0.497 e. The average molecular weight is 217 g/mol. The van der Waals surface area contributed by atoms with Gasteiger partial charge in [-0.1, -0.05) is 41.1 Å². The molecule has 1 aromatic rings. The largest absolute Gasteiger partial charge is 0.497 e. The second kappa shape index (κ2) is 7.61. The number of halogens is 1. The number of para-hydroxylation sites is 1. The van der Waals surface area contributed by atoms with Crippen molar-refractivity contribution >= 4 is 15.9 Å². The van der Waals surface area contributed by atoms with Crippen molar-refractivity contribution in [3.63, 3.8) is 0 Å². The molecule has 2 heteroatoms. The Kier molecular flexibility index (Phi) is 7.26. The Labute approximate surface area is 76.5 Å². The van der Waals surface area contributed by atoms with Gasteiger partial charge in [-0.15, -0.1) is 0 Å². The van der Waals surface area contributed by atoms with Gasteiger partial charge < -0.3 is 4.74 Å². The maximum atomic E-state index is 4.91. The second-order valence-electron chi connectivity index (χ2n) is 1.78. The highest BCUT2D eigenvalue weighted by atomic mass is 79.9. The standard InChI is InChI=1S/C7H8O.C2H5Br/c1-8-7-5-3-2-4-6-7;1-2-3/h2-6H,1H3;2H2,1H3. The number of methoxy groups -OCH3 is 1. The van der Waals surface area contributed by atoms with Crippen molar-refractivity contribution in [3.05, 3.63) is 30.3 Å². The predicted molar refractivity (Wildman–Crippen MR) is 52.5 cm³/mol. The summed E-state index contributed by atoms with van der Waals surface area (Å²) in [5.74, 6) is 0.910. The van der Waals surface area contributed by atoms with E-state index >= 15 is 0 Å². The van der Waals surface area contributed by atoms with Crippen LogP contribution in [-0.2, 0) is 0 Å². The SMILES string of the molecule is CCBr.COc1ccccc1. The van der Waals surface area contributed by atoms with Gasteiger partial charge >= 0.3 is 0 Å². The maximum Gasteiger partial charge on any atom is 0.118 e. The summed E-state index contributed by atoms with van der Waals surface area (Å²) in [6.45, 7) is 2.04. The monoisotopic (exact) mass is 216 g/mol. The molecule has 0 aliphatic carbocycles. The highest BCUT2D eigenvalue weighted by molar-refractivity contribution is 9.09. The molecule has 0 saturated carbocycles. The molecule has 0 bridgehead atoms. The summed E-state index contributed by atoms with van der Waals surface area (Å²) in [4.78, 5) is 0. The molecule has 0 saturated heterocycles. The lowest BCUT2D eigenvalue weighted by molar-refractivity contribution is 0.415. The number of rotatable bonds is 1. The molecule has 0 aromatic heterocycles. The lowest BCUT2D eigenvalue weighted by Gasteiger charge is -1.93. The number of ether oxygens (including phenoxy) is 1. The third-order valence-electron chi connectivity index (χ3n) is 0.979. The van der Waals surface area contributed by atoms with Gasteiger partial charge in [0.1, 0.15) is 5.75 Å². The molecule has 0 unspecified atom stereocenters. The van der Waals surface area contributed by atoms with Crippen LogP contribution in [0, 0.1) is 0 Å². The first-order valence-electron chi connectivity index (χ1n) is 3.50. The molecule has 0 atom stereocenters. The van der Waals surface area contributed by atoms with E-state index in [9.17, 15) is 0 Å². The second-order valence-corrected chi connectivity index (χ2v) is 2.91. The zero-order chi connectivity index (χ0) is 8.53. The predicted octanol–water partition coefficient (Wildman–Crippen LogP) is 3.10. The van der Waals surface area contributed by atoms with E-state index in [1.54, 1.807) is 7.11 Å². The van der Waals surface area contributed by atoms with Crippen LogP contribution in [0.2, 0.25) is 0 Å². The molecule has 0 radical (unpaired) electrons. The van der Waals surface area contributed by atoms with Crippen LogP contribution in [0.5, 0.6) is 5.75 Å². The molecule has 0 aliphatic rings. The zero-order valence-electron chi connectivity index (χ0n) is 6.88. The average Bonchev–Trinajstić information content (AvgIpc) is 2.08. The van der Waals surface area contributed by atoms with E-state index in [4.69, 9.17) is 4.74 Å². The summed E-state index contributed by atoms with van der Waals surface area (Å²) in [6, 6.07) is 9.68. The Morgan fingerprint density at radius 1 is 1.27 bits per heavy atom. The lowest BCUT2D eigenvalue weighted by atomic mass is 10.3. The van der Waals surface area contributed by atoms with E-state index in [-0.39, 0.29) is 0 Å². The number of hydrogen-bond donors (Lipinski definition) is 0. The van der Waals surface area contributed by atoms with Crippen molar-refractivity contribution in [2.75, 3.05) is 12.4 Å². The number of benzene rings is 1. The number of hydrogen-bond acceptors (Lipinski definition) is 1. The minimum absolute atomic E-state index is 0.910. The van der Waals surface area contributed by atoms with Crippen molar-refractivity contribution in [3.8, 4) is 5.75 Å². The smallest absolute Gasteiger partial charge is 0.118 e. The van der Waals surface area contributed by atoms with Crippen LogP contribution in [0.25, 0.3) is 0 Å². The van der Waals surface area contributed by atoms with Gasteiger partial charge in [0, 0.05) is 5.33 Å². The van der Waals surface area contributed by atoms with Gasteiger partial charge in [0.15, 0.2) is 0 Å². The van der Waals surface area contributed by atoms with Crippen molar-refractivity contribution in [1.29, 1.82) is 0 Å². The van der Waals surface area contributed by atoms with Crippen LogP contribution in [-0.4, -0.2) is 12.4 Å². The molecular weight excluding hydrogens is 204 g/mol. The fourth-order valence-electron chi connectivity index (χ4n) is 0.557. The summed E-state index contributed by atoms with van der Waals surface area (Å²) in [7, 11) is 1.66. The summed E-state index contributed by atoms with van der Waals surface area (Å²) in [5.41, 5.74) is 0. The van der Waals surface area contributed by atoms with Crippen molar-refractivity contribution < 1.29 is 4.74 Å². The highest BCUT2D eigenvalue weighted by Crippen LogP contribution is 2.05. The Morgan fingerprint density at radius 3 is 2.00 bits per heavy atom. The maximum absolute atomic E-state index is 4.91. The summed E-state index contributed by atoms with van der Waals surface area (Å²) in [5, 5.41) is 1.06. The molecule has 1 aromatic carbocycles. The van der Waals surface area contributed by atoms with E-state index in [2.05, 4.69) is 15.9 Å². The van der Waals surface area contributed by atoms with E-state index in [0.29, 0.717) is 0 Å². The molecule has 1 nitrogen and oxygen atoms in total. The normalized spacial score (nSPS) is 7.91. The van der Waals surface area contributed by atoms with Crippen LogP contribution >= 0.6 is 15.9 Å². The Balaban J connectivity index is 0.000000292. The van der Waals surface area contributed by atoms with Crippen LogP contribution in [0.3, 0.4) is 0 Å². The molecular formula is C9H13BrO. The first kappa shape index (κ1) is 10.5. The Morgan fingerprint density at radius 2 is 1.73 bits per heavy atom. The summed E-state index contributed by atoms with van der Waals surface area (Å²) in [6.07, 6.45) is 0. The fourth-order valence-corrected chi connectivity index (χ4v) is 0.557. The van der Waals surface area contributed by atoms with E-state index in [0.717, 1.165) is 11.1 Å². The van der Waals surface area contributed by atoms with Crippen LogP contribution in [0.15, 0.2) is 30.3 Å². The fraction of sp³-hybridized carbons (Fsp3) is 0.333.